The molecule has 172 valence electrons. The third kappa shape index (κ3) is 4.01. The summed E-state index contributed by atoms with van der Waals surface area (Å²) in [5.74, 6) is 0.137. The molecular formula is C24H23N7O3. The maximum atomic E-state index is 13.4. The van der Waals surface area contributed by atoms with Gasteiger partial charge in [-0.1, -0.05) is 6.07 Å². The number of rotatable bonds is 7. The van der Waals surface area contributed by atoms with Crippen LogP contribution in [0.4, 0.5) is 0 Å². The number of imidazole rings is 1. The first-order chi connectivity index (χ1) is 16.5. The fourth-order valence-corrected chi connectivity index (χ4v) is 3.94. The van der Waals surface area contributed by atoms with Gasteiger partial charge in [-0.3, -0.25) is 19.4 Å². The summed E-state index contributed by atoms with van der Waals surface area (Å²) in [5, 5.41) is 11.8. The fraction of sp³-hybridized carbons (Fsp3) is 0.208. The molecule has 0 saturated heterocycles. The number of hydrogen-bond acceptors (Lipinski definition) is 6. The Morgan fingerprint density at radius 3 is 2.88 bits per heavy atom. The normalized spacial score (nSPS) is 11.3. The van der Waals surface area contributed by atoms with Crippen molar-refractivity contribution in [2.24, 2.45) is 0 Å². The number of fused-ring (bicyclic) bond motifs is 2. The monoisotopic (exact) mass is 457 g/mol. The van der Waals surface area contributed by atoms with Gasteiger partial charge in [-0.25, -0.2) is 9.97 Å². The van der Waals surface area contributed by atoms with Gasteiger partial charge in [0, 0.05) is 31.7 Å². The molecule has 10 heteroatoms. The minimum atomic E-state index is -0.458. The summed E-state index contributed by atoms with van der Waals surface area (Å²) in [4.78, 5) is 35.1. The van der Waals surface area contributed by atoms with Crippen LogP contribution in [0.5, 0.6) is 0 Å². The van der Waals surface area contributed by atoms with Gasteiger partial charge in [0.05, 0.1) is 30.1 Å². The van der Waals surface area contributed by atoms with Crippen LogP contribution in [0.2, 0.25) is 0 Å². The lowest BCUT2D eigenvalue weighted by atomic mass is 10.2. The van der Waals surface area contributed by atoms with Gasteiger partial charge in [0.25, 0.3) is 11.5 Å². The molecule has 0 atom stereocenters. The van der Waals surface area contributed by atoms with Crippen LogP contribution in [0.3, 0.4) is 0 Å². The van der Waals surface area contributed by atoms with E-state index in [1.165, 1.54) is 16.7 Å². The first-order valence-electron chi connectivity index (χ1n) is 10.9. The Balaban J connectivity index is 1.60. The lowest BCUT2D eigenvalue weighted by Crippen LogP contribution is -2.35. The van der Waals surface area contributed by atoms with E-state index in [0.29, 0.717) is 36.6 Å². The Morgan fingerprint density at radius 2 is 2.12 bits per heavy atom. The van der Waals surface area contributed by atoms with E-state index in [1.807, 2.05) is 23.8 Å². The second-order valence-corrected chi connectivity index (χ2v) is 8.06. The van der Waals surface area contributed by atoms with Gasteiger partial charge in [0.2, 0.25) is 0 Å². The second kappa shape index (κ2) is 8.81. The van der Waals surface area contributed by atoms with Crippen molar-refractivity contribution in [3.8, 4) is 0 Å². The maximum absolute atomic E-state index is 13.4. The number of amides is 1. The van der Waals surface area contributed by atoms with Crippen molar-refractivity contribution in [2.45, 2.75) is 33.0 Å². The van der Waals surface area contributed by atoms with E-state index in [9.17, 15) is 9.59 Å². The van der Waals surface area contributed by atoms with Gasteiger partial charge in [0.15, 0.2) is 0 Å². The van der Waals surface area contributed by atoms with Crippen LogP contribution in [-0.4, -0.2) is 29.4 Å². The van der Waals surface area contributed by atoms with Crippen LogP contribution in [0, 0.1) is 12.3 Å². The first kappa shape index (κ1) is 21.4. The summed E-state index contributed by atoms with van der Waals surface area (Å²) in [7, 11) is 0. The molecule has 0 saturated carbocycles. The number of carbonyl (C=O) groups is 1. The summed E-state index contributed by atoms with van der Waals surface area (Å²) in [6.07, 6.45) is 9.21. The van der Waals surface area contributed by atoms with Gasteiger partial charge in [0.1, 0.15) is 22.5 Å². The molecule has 0 unspecified atom stereocenters. The zero-order valence-electron chi connectivity index (χ0n) is 18.6. The molecule has 5 heterocycles. The molecule has 0 bridgehead atoms. The molecule has 1 amide bonds. The van der Waals surface area contributed by atoms with Gasteiger partial charge < -0.3 is 18.9 Å². The molecule has 0 fully saturated rings. The van der Waals surface area contributed by atoms with Crippen molar-refractivity contribution in [1.82, 2.24) is 28.8 Å². The number of pyridine rings is 2. The van der Waals surface area contributed by atoms with Crippen molar-refractivity contribution >= 4 is 22.6 Å². The number of hydrogen-bond donors (Lipinski definition) is 2. The number of nitrogens with zero attached hydrogens (tertiary/aromatic N) is 5. The highest BCUT2D eigenvalue weighted by atomic mass is 16.3. The van der Waals surface area contributed by atoms with Crippen molar-refractivity contribution in [3.63, 3.8) is 0 Å². The topological polar surface area (TPSA) is 123 Å². The van der Waals surface area contributed by atoms with E-state index in [1.54, 1.807) is 41.5 Å². The molecule has 0 spiro atoms. The highest BCUT2D eigenvalue weighted by Crippen LogP contribution is 2.12. The van der Waals surface area contributed by atoms with Crippen LogP contribution in [0.15, 0.2) is 70.7 Å². The zero-order chi connectivity index (χ0) is 23.7. The van der Waals surface area contributed by atoms with E-state index in [0.717, 1.165) is 5.56 Å². The van der Waals surface area contributed by atoms with Gasteiger partial charge >= 0.3 is 0 Å². The molecule has 0 aliphatic carbocycles. The van der Waals surface area contributed by atoms with Crippen molar-refractivity contribution in [2.75, 3.05) is 0 Å². The predicted molar refractivity (Wildman–Crippen MR) is 124 cm³/mol. The number of carbonyl (C=O) groups excluding carboxylic acids is 1. The second-order valence-electron chi connectivity index (χ2n) is 8.06. The van der Waals surface area contributed by atoms with Gasteiger partial charge in [-0.05, 0) is 43.2 Å². The Kier molecular flexibility index (Phi) is 5.54. The summed E-state index contributed by atoms with van der Waals surface area (Å²) >= 11 is 0. The quantitative estimate of drug-likeness (QED) is 0.363. The van der Waals surface area contributed by atoms with Crippen molar-refractivity contribution in [1.29, 1.82) is 5.41 Å². The Morgan fingerprint density at radius 1 is 1.24 bits per heavy atom. The van der Waals surface area contributed by atoms with E-state index < -0.39 is 5.91 Å². The van der Waals surface area contributed by atoms with Crippen LogP contribution < -0.4 is 16.4 Å². The van der Waals surface area contributed by atoms with Crippen LogP contribution in [-0.2, 0) is 19.6 Å². The molecule has 5 rings (SSSR count). The molecule has 5 aromatic rings. The fourth-order valence-electron chi connectivity index (χ4n) is 3.94. The lowest BCUT2D eigenvalue weighted by molar-refractivity contribution is 0.0945. The molecule has 0 aromatic carbocycles. The van der Waals surface area contributed by atoms with Gasteiger partial charge in [-0.2, -0.15) is 0 Å². The smallest absolute Gasteiger partial charge is 0.267 e. The summed E-state index contributed by atoms with van der Waals surface area (Å²) in [5.41, 5.74) is 1.60. The third-order valence-electron chi connectivity index (χ3n) is 5.66. The van der Waals surface area contributed by atoms with E-state index in [2.05, 4.69) is 15.3 Å². The molecule has 0 radical (unpaired) electrons. The largest absolute Gasteiger partial charge is 0.467 e. The highest BCUT2D eigenvalue weighted by molar-refractivity contribution is 5.96. The van der Waals surface area contributed by atoms with Crippen LogP contribution in [0.1, 0.15) is 28.1 Å². The lowest BCUT2D eigenvalue weighted by Gasteiger charge is -2.15. The SMILES string of the molecule is Cc1ccc2nc3c(cc(C(=O)NCc4ccco4)c(=N)n3CCCn3ccnc3)c(=O)n2c1. The summed E-state index contributed by atoms with van der Waals surface area (Å²) in [6.45, 7) is 3.15. The van der Waals surface area contributed by atoms with Crippen LogP contribution >= 0.6 is 0 Å². The van der Waals surface area contributed by atoms with Crippen molar-refractivity contribution < 1.29 is 9.21 Å². The maximum Gasteiger partial charge on any atom is 0.267 e. The van der Waals surface area contributed by atoms with E-state index in [-0.39, 0.29) is 28.5 Å². The Bertz CT molecular complexity index is 1600. The number of nitrogens with one attached hydrogen (secondary N) is 2. The molecule has 2 N–H and O–H groups in total. The third-order valence-corrected chi connectivity index (χ3v) is 5.66. The average Bonchev–Trinajstić information content (AvgIpc) is 3.54. The summed E-state index contributed by atoms with van der Waals surface area (Å²) in [6, 6.07) is 8.62. The standard InChI is InChI=1S/C24H23N7O3/c1-16-5-6-20-28-22-19(24(33)31(20)14-16)12-18(23(32)27-13-17-4-2-11-34-17)21(25)30(22)9-3-8-29-10-7-26-15-29/h2,4-7,10-12,14-15,25H,3,8-9,13H2,1H3,(H,27,32). The van der Waals surface area contributed by atoms with E-state index in [4.69, 9.17) is 9.83 Å². The summed E-state index contributed by atoms with van der Waals surface area (Å²) < 4.78 is 10.3. The molecule has 10 nitrogen and oxygen atoms in total. The first-order valence-corrected chi connectivity index (χ1v) is 10.9. The zero-order valence-corrected chi connectivity index (χ0v) is 18.6. The molecular weight excluding hydrogens is 434 g/mol. The minimum absolute atomic E-state index is 0.00145. The number of aromatic nitrogens is 5. The highest BCUT2D eigenvalue weighted by Gasteiger charge is 2.18. The molecule has 34 heavy (non-hydrogen) atoms. The minimum Gasteiger partial charge on any atom is -0.467 e. The molecule has 0 aliphatic heterocycles. The van der Waals surface area contributed by atoms with E-state index >= 15 is 0 Å². The van der Waals surface area contributed by atoms with Gasteiger partial charge in [-0.15, -0.1) is 0 Å². The Hall–Kier alpha value is -4.47. The molecule has 5 aromatic heterocycles. The predicted octanol–water partition coefficient (Wildman–Crippen LogP) is 2.25. The average molecular weight is 457 g/mol. The number of furan rings is 1. The number of aryl methyl sites for hydroxylation is 3. The molecule has 0 aliphatic rings. The van der Waals surface area contributed by atoms with Crippen molar-refractivity contribution in [3.05, 3.63) is 94.2 Å². The Labute approximate surface area is 193 Å². The van der Waals surface area contributed by atoms with Crippen LogP contribution in [0.25, 0.3) is 16.7 Å².